The van der Waals surface area contributed by atoms with Crippen LogP contribution in [0.1, 0.15) is 18.6 Å². The summed E-state index contributed by atoms with van der Waals surface area (Å²) >= 11 is 0. The Hall–Kier alpha value is -2.48. The maximum Gasteiger partial charge on any atom is 0.323 e. The molecule has 1 aliphatic rings. The third-order valence-electron chi connectivity index (χ3n) is 3.51. The number of amides is 2. The van der Waals surface area contributed by atoms with Gasteiger partial charge in [-0.05, 0) is 19.1 Å². The van der Waals surface area contributed by atoms with Gasteiger partial charge in [0.15, 0.2) is 5.82 Å². The van der Waals surface area contributed by atoms with E-state index >= 15 is 0 Å². The molecular formula is C14H18N6O2. The minimum absolute atomic E-state index is 0.151. The largest absolute Gasteiger partial charge is 0.370 e. The number of carbonyl (C=O) groups is 1. The SMILES string of the molecule is CCn1cc(C2CN(C(=O)Nc3cccnn3)CCO2)cn1. The van der Waals surface area contributed by atoms with Crippen LogP contribution in [-0.4, -0.2) is 50.6 Å². The zero-order chi connectivity index (χ0) is 15.4. The molecule has 22 heavy (non-hydrogen) atoms. The Morgan fingerprint density at radius 2 is 2.45 bits per heavy atom. The number of nitrogens with zero attached hydrogens (tertiary/aromatic N) is 5. The molecule has 2 aromatic heterocycles. The second-order valence-electron chi connectivity index (χ2n) is 4.97. The van der Waals surface area contributed by atoms with Gasteiger partial charge in [0.2, 0.25) is 0 Å². The van der Waals surface area contributed by atoms with Crippen molar-refractivity contribution in [2.45, 2.75) is 19.6 Å². The molecule has 1 atom stereocenters. The highest BCUT2D eigenvalue weighted by Gasteiger charge is 2.26. The molecule has 3 heterocycles. The van der Waals surface area contributed by atoms with Gasteiger partial charge in [-0.1, -0.05) is 0 Å². The van der Waals surface area contributed by atoms with E-state index in [1.165, 1.54) is 0 Å². The molecule has 2 aromatic rings. The van der Waals surface area contributed by atoms with E-state index in [0.717, 1.165) is 12.1 Å². The average Bonchev–Trinajstić information content (AvgIpc) is 3.05. The van der Waals surface area contributed by atoms with Gasteiger partial charge in [-0.2, -0.15) is 10.2 Å². The first-order chi connectivity index (χ1) is 10.8. The predicted molar refractivity (Wildman–Crippen MR) is 79.2 cm³/mol. The molecule has 0 radical (unpaired) electrons. The van der Waals surface area contributed by atoms with Crippen LogP contribution in [0.3, 0.4) is 0 Å². The first-order valence-corrected chi connectivity index (χ1v) is 7.24. The summed E-state index contributed by atoms with van der Waals surface area (Å²) in [5.74, 6) is 0.439. The zero-order valence-corrected chi connectivity index (χ0v) is 12.3. The lowest BCUT2D eigenvalue weighted by atomic mass is 10.1. The summed E-state index contributed by atoms with van der Waals surface area (Å²) in [6.07, 6.45) is 5.15. The van der Waals surface area contributed by atoms with Gasteiger partial charge >= 0.3 is 6.03 Å². The third-order valence-corrected chi connectivity index (χ3v) is 3.51. The first kappa shape index (κ1) is 14.5. The summed E-state index contributed by atoms with van der Waals surface area (Å²) in [6.45, 7) is 4.37. The molecule has 1 unspecified atom stereocenters. The first-order valence-electron chi connectivity index (χ1n) is 7.24. The van der Waals surface area contributed by atoms with E-state index in [1.54, 1.807) is 29.4 Å². The summed E-state index contributed by atoms with van der Waals surface area (Å²) in [7, 11) is 0. The Kier molecular flexibility index (Phi) is 4.29. The molecule has 0 spiro atoms. The Bertz CT molecular complexity index is 629. The smallest absolute Gasteiger partial charge is 0.323 e. The molecule has 0 aliphatic carbocycles. The maximum atomic E-state index is 12.3. The van der Waals surface area contributed by atoms with Crippen LogP contribution in [-0.2, 0) is 11.3 Å². The molecule has 116 valence electrons. The molecule has 1 aliphatic heterocycles. The zero-order valence-electron chi connectivity index (χ0n) is 12.3. The standard InChI is InChI=1S/C14H18N6O2/c1-2-20-9-11(8-16-20)12-10-19(6-7-22-12)14(21)17-13-4-3-5-15-18-13/h3-5,8-9,12H,2,6-7,10H2,1H3,(H,17,18,21). The van der Waals surface area contributed by atoms with Crippen molar-refractivity contribution in [3.8, 4) is 0 Å². The van der Waals surface area contributed by atoms with E-state index in [9.17, 15) is 4.79 Å². The van der Waals surface area contributed by atoms with E-state index in [0.29, 0.717) is 25.5 Å². The van der Waals surface area contributed by atoms with Crippen molar-refractivity contribution < 1.29 is 9.53 Å². The molecule has 8 heteroatoms. The van der Waals surface area contributed by atoms with Gasteiger partial charge in [0.1, 0.15) is 6.10 Å². The fraction of sp³-hybridized carbons (Fsp3) is 0.429. The lowest BCUT2D eigenvalue weighted by molar-refractivity contribution is -0.0135. The number of hydrogen-bond donors (Lipinski definition) is 1. The number of aryl methyl sites for hydroxylation is 1. The predicted octanol–water partition coefficient (Wildman–Crippen LogP) is 1.30. The molecule has 0 bridgehead atoms. The number of carbonyl (C=O) groups excluding carboxylic acids is 1. The van der Waals surface area contributed by atoms with Gasteiger partial charge in [0.25, 0.3) is 0 Å². The van der Waals surface area contributed by atoms with Crippen LogP contribution in [0.15, 0.2) is 30.7 Å². The summed E-state index contributed by atoms with van der Waals surface area (Å²) in [4.78, 5) is 14.0. The minimum atomic E-state index is -0.198. The van der Waals surface area contributed by atoms with Crippen LogP contribution < -0.4 is 5.32 Å². The Morgan fingerprint density at radius 3 is 3.18 bits per heavy atom. The summed E-state index contributed by atoms with van der Waals surface area (Å²) in [5, 5.41) is 14.6. The lowest BCUT2D eigenvalue weighted by Gasteiger charge is -2.32. The van der Waals surface area contributed by atoms with Gasteiger partial charge in [0, 0.05) is 31.0 Å². The number of ether oxygens (including phenoxy) is 1. The van der Waals surface area contributed by atoms with E-state index < -0.39 is 0 Å². The van der Waals surface area contributed by atoms with E-state index in [2.05, 4.69) is 20.6 Å². The number of nitrogens with one attached hydrogen (secondary N) is 1. The van der Waals surface area contributed by atoms with Crippen LogP contribution in [0.2, 0.25) is 0 Å². The molecular weight excluding hydrogens is 284 g/mol. The summed E-state index contributed by atoms with van der Waals surface area (Å²) in [6, 6.07) is 3.23. The number of urea groups is 1. The van der Waals surface area contributed by atoms with Crippen molar-refractivity contribution in [1.29, 1.82) is 0 Å². The van der Waals surface area contributed by atoms with E-state index in [4.69, 9.17) is 4.74 Å². The van der Waals surface area contributed by atoms with Gasteiger partial charge in [-0.3, -0.25) is 10.00 Å². The van der Waals surface area contributed by atoms with Crippen molar-refractivity contribution >= 4 is 11.8 Å². The van der Waals surface area contributed by atoms with Gasteiger partial charge in [-0.15, -0.1) is 5.10 Å². The van der Waals surface area contributed by atoms with Gasteiger partial charge < -0.3 is 9.64 Å². The topological polar surface area (TPSA) is 85.2 Å². The van der Waals surface area contributed by atoms with Crippen molar-refractivity contribution in [3.05, 3.63) is 36.3 Å². The van der Waals surface area contributed by atoms with Crippen molar-refractivity contribution in [3.63, 3.8) is 0 Å². The lowest BCUT2D eigenvalue weighted by Crippen LogP contribution is -2.44. The summed E-state index contributed by atoms with van der Waals surface area (Å²) in [5.41, 5.74) is 0.985. The third kappa shape index (κ3) is 3.22. The fourth-order valence-corrected chi connectivity index (χ4v) is 2.31. The Balaban J connectivity index is 1.63. The maximum absolute atomic E-state index is 12.3. The molecule has 1 fully saturated rings. The van der Waals surface area contributed by atoms with Crippen molar-refractivity contribution in [1.82, 2.24) is 24.9 Å². The van der Waals surface area contributed by atoms with Gasteiger partial charge in [-0.25, -0.2) is 4.79 Å². The van der Waals surface area contributed by atoms with E-state index in [-0.39, 0.29) is 12.1 Å². The van der Waals surface area contributed by atoms with Gasteiger partial charge in [0.05, 0.1) is 19.3 Å². The van der Waals surface area contributed by atoms with Crippen LogP contribution in [0.5, 0.6) is 0 Å². The number of rotatable bonds is 3. The molecule has 2 amide bonds. The van der Waals surface area contributed by atoms with Crippen LogP contribution in [0, 0.1) is 0 Å². The quantitative estimate of drug-likeness (QED) is 0.923. The Labute approximate surface area is 128 Å². The highest BCUT2D eigenvalue weighted by Crippen LogP contribution is 2.22. The number of aromatic nitrogens is 4. The second kappa shape index (κ2) is 6.52. The van der Waals surface area contributed by atoms with Crippen LogP contribution in [0.25, 0.3) is 0 Å². The fourth-order valence-electron chi connectivity index (χ4n) is 2.31. The number of anilines is 1. The normalized spacial score (nSPS) is 18.2. The van der Waals surface area contributed by atoms with Crippen LogP contribution >= 0.6 is 0 Å². The number of hydrogen-bond acceptors (Lipinski definition) is 5. The second-order valence-corrected chi connectivity index (χ2v) is 4.97. The van der Waals surface area contributed by atoms with Crippen LogP contribution in [0.4, 0.5) is 10.6 Å². The molecule has 1 N–H and O–H groups in total. The van der Waals surface area contributed by atoms with E-state index in [1.807, 2.05) is 17.8 Å². The highest BCUT2D eigenvalue weighted by atomic mass is 16.5. The molecule has 0 saturated carbocycles. The van der Waals surface area contributed by atoms with Crippen molar-refractivity contribution in [2.24, 2.45) is 0 Å². The Morgan fingerprint density at radius 1 is 1.55 bits per heavy atom. The summed E-state index contributed by atoms with van der Waals surface area (Å²) < 4.78 is 7.59. The molecule has 1 saturated heterocycles. The minimum Gasteiger partial charge on any atom is -0.370 e. The average molecular weight is 302 g/mol. The number of morpholine rings is 1. The highest BCUT2D eigenvalue weighted by molar-refractivity contribution is 5.88. The van der Waals surface area contributed by atoms with Crippen molar-refractivity contribution in [2.75, 3.05) is 25.0 Å². The molecule has 8 nitrogen and oxygen atoms in total. The molecule has 3 rings (SSSR count). The monoisotopic (exact) mass is 302 g/mol. The molecule has 0 aromatic carbocycles.